The highest BCUT2D eigenvalue weighted by Crippen LogP contribution is 2.26. The number of aryl methyl sites for hydroxylation is 1. The molecule has 1 N–H and O–H groups in total. The Morgan fingerprint density at radius 1 is 1.44 bits per heavy atom. The smallest absolute Gasteiger partial charge is 0.203 e. The molecule has 1 unspecified atom stereocenters. The molecule has 6 heteroatoms. The van der Waals surface area contributed by atoms with E-state index in [0.29, 0.717) is 18.3 Å². The van der Waals surface area contributed by atoms with Gasteiger partial charge in [0, 0.05) is 18.8 Å². The first-order chi connectivity index (χ1) is 8.54. The van der Waals surface area contributed by atoms with Crippen molar-refractivity contribution in [1.82, 2.24) is 9.55 Å². The van der Waals surface area contributed by atoms with Crippen molar-refractivity contribution in [3.63, 3.8) is 0 Å². The van der Waals surface area contributed by atoms with Crippen molar-refractivity contribution in [2.24, 2.45) is 0 Å². The van der Waals surface area contributed by atoms with E-state index in [-0.39, 0.29) is 5.25 Å². The Labute approximate surface area is 108 Å². The average Bonchev–Trinajstić information content (AvgIpc) is 2.94. The largest absolute Gasteiger partial charge is 0.353 e. The van der Waals surface area contributed by atoms with Crippen molar-refractivity contribution >= 4 is 15.8 Å². The fourth-order valence-corrected chi connectivity index (χ4v) is 4.31. The van der Waals surface area contributed by atoms with Crippen molar-refractivity contribution in [1.29, 1.82) is 0 Å². The number of nitrogens with zero attached hydrogens (tertiary/aromatic N) is 2. The zero-order valence-electron chi connectivity index (χ0n) is 10.6. The van der Waals surface area contributed by atoms with Crippen LogP contribution in [-0.2, 0) is 16.4 Å². The Hall–Kier alpha value is -1.04. The molecule has 0 spiro atoms. The van der Waals surface area contributed by atoms with E-state index in [2.05, 4.69) is 10.3 Å². The standard InChI is InChI=1S/C12H19N3O2S/c1-9-7-15(12(13-9)14-10-4-5-10)8-11-3-2-6-18(11,16)17/h7,10-11H,2-6,8H2,1H3,(H,13,14). The van der Waals surface area contributed by atoms with E-state index in [1.165, 1.54) is 12.8 Å². The lowest BCUT2D eigenvalue weighted by atomic mass is 10.2. The minimum Gasteiger partial charge on any atom is -0.353 e. The van der Waals surface area contributed by atoms with Crippen molar-refractivity contribution in [2.75, 3.05) is 11.1 Å². The molecule has 18 heavy (non-hydrogen) atoms. The molecule has 2 heterocycles. The van der Waals surface area contributed by atoms with Gasteiger partial charge in [0.25, 0.3) is 0 Å². The van der Waals surface area contributed by atoms with Crippen LogP contribution >= 0.6 is 0 Å². The number of aromatic nitrogens is 2. The summed E-state index contributed by atoms with van der Waals surface area (Å²) in [5.74, 6) is 1.17. The summed E-state index contributed by atoms with van der Waals surface area (Å²) in [6, 6.07) is 0.533. The molecule has 0 bridgehead atoms. The maximum absolute atomic E-state index is 11.9. The van der Waals surface area contributed by atoms with Crippen molar-refractivity contribution < 1.29 is 8.42 Å². The summed E-state index contributed by atoms with van der Waals surface area (Å²) >= 11 is 0. The van der Waals surface area contributed by atoms with Crippen LogP contribution in [-0.4, -0.2) is 35.0 Å². The van der Waals surface area contributed by atoms with Gasteiger partial charge in [-0.2, -0.15) is 0 Å². The predicted molar refractivity (Wildman–Crippen MR) is 70.4 cm³/mol. The van der Waals surface area contributed by atoms with E-state index in [4.69, 9.17) is 0 Å². The van der Waals surface area contributed by atoms with Gasteiger partial charge >= 0.3 is 0 Å². The fourth-order valence-electron chi connectivity index (χ4n) is 2.49. The lowest BCUT2D eigenvalue weighted by Crippen LogP contribution is -2.23. The lowest BCUT2D eigenvalue weighted by molar-refractivity contribution is 0.567. The lowest BCUT2D eigenvalue weighted by Gasteiger charge is -2.13. The summed E-state index contributed by atoms with van der Waals surface area (Å²) in [5, 5.41) is 3.13. The number of imidazole rings is 1. The second kappa shape index (κ2) is 4.26. The van der Waals surface area contributed by atoms with E-state index < -0.39 is 9.84 Å². The molecular formula is C12H19N3O2S. The average molecular weight is 269 g/mol. The first kappa shape index (κ1) is 12.0. The second-order valence-corrected chi connectivity index (χ2v) is 7.81. The van der Waals surface area contributed by atoms with E-state index in [0.717, 1.165) is 24.5 Å². The number of hydrogen-bond acceptors (Lipinski definition) is 4. The predicted octanol–water partition coefficient (Wildman–Crippen LogP) is 1.34. The maximum Gasteiger partial charge on any atom is 0.203 e. The monoisotopic (exact) mass is 269 g/mol. The van der Waals surface area contributed by atoms with Gasteiger partial charge in [0.05, 0.1) is 16.7 Å². The normalized spacial score (nSPS) is 26.4. The van der Waals surface area contributed by atoms with Gasteiger partial charge in [0.1, 0.15) is 0 Å². The Balaban J connectivity index is 1.78. The van der Waals surface area contributed by atoms with Gasteiger partial charge in [-0.15, -0.1) is 0 Å². The van der Waals surface area contributed by atoms with Gasteiger partial charge in [0.15, 0.2) is 9.84 Å². The van der Waals surface area contributed by atoms with Crippen LogP contribution in [0, 0.1) is 6.92 Å². The SMILES string of the molecule is Cc1cn(CC2CCCS2(=O)=O)c(NC2CC2)n1. The van der Waals surface area contributed by atoms with Gasteiger partial charge in [-0.05, 0) is 32.6 Å². The molecule has 1 atom stereocenters. The van der Waals surface area contributed by atoms with Crippen molar-refractivity contribution in [2.45, 2.75) is 50.4 Å². The van der Waals surface area contributed by atoms with Crippen LogP contribution in [0.1, 0.15) is 31.4 Å². The highest BCUT2D eigenvalue weighted by Gasteiger charge is 2.32. The van der Waals surface area contributed by atoms with E-state index in [9.17, 15) is 8.42 Å². The Morgan fingerprint density at radius 2 is 2.22 bits per heavy atom. The summed E-state index contributed by atoms with van der Waals surface area (Å²) in [4.78, 5) is 4.44. The Bertz CT molecular complexity index is 546. The first-order valence-electron chi connectivity index (χ1n) is 6.56. The molecule has 5 nitrogen and oxygen atoms in total. The molecule has 0 aromatic carbocycles. The van der Waals surface area contributed by atoms with Gasteiger partial charge in [0.2, 0.25) is 5.95 Å². The van der Waals surface area contributed by atoms with E-state index >= 15 is 0 Å². The molecular weight excluding hydrogens is 250 g/mol. The van der Waals surface area contributed by atoms with Gasteiger partial charge in [-0.25, -0.2) is 13.4 Å². The first-order valence-corrected chi connectivity index (χ1v) is 8.28. The summed E-state index contributed by atoms with van der Waals surface area (Å²) < 4.78 is 25.7. The third-order valence-corrected chi connectivity index (χ3v) is 5.93. The van der Waals surface area contributed by atoms with Crippen LogP contribution in [0.3, 0.4) is 0 Å². The zero-order chi connectivity index (χ0) is 12.8. The minimum absolute atomic E-state index is 0.231. The summed E-state index contributed by atoms with van der Waals surface area (Å²) in [7, 11) is -2.88. The highest BCUT2D eigenvalue weighted by molar-refractivity contribution is 7.92. The topological polar surface area (TPSA) is 64.0 Å². The molecule has 1 aliphatic heterocycles. The Morgan fingerprint density at radius 3 is 2.83 bits per heavy atom. The summed E-state index contributed by atoms with van der Waals surface area (Å²) in [6.45, 7) is 2.48. The molecule has 0 amide bonds. The number of anilines is 1. The van der Waals surface area contributed by atoms with Crippen LogP contribution in [0.5, 0.6) is 0 Å². The molecule has 1 saturated heterocycles. The molecule has 1 aromatic heterocycles. The van der Waals surface area contributed by atoms with Crippen molar-refractivity contribution in [3.8, 4) is 0 Å². The van der Waals surface area contributed by atoms with Crippen LogP contribution < -0.4 is 5.32 Å². The third kappa shape index (κ3) is 2.39. The molecule has 100 valence electrons. The van der Waals surface area contributed by atoms with Crippen LogP contribution in [0.4, 0.5) is 5.95 Å². The molecule has 0 radical (unpaired) electrons. The maximum atomic E-state index is 11.9. The third-order valence-electron chi connectivity index (χ3n) is 3.67. The molecule has 1 saturated carbocycles. The van der Waals surface area contributed by atoms with E-state index in [1.54, 1.807) is 0 Å². The molecule has 2 aliphatic rings. The summed E-state index contributed by atoms with van der Waals surface area (Å²) in [6.07, 6.45) is 5.90. The van der Waals surface area contributed by atoms with Gasteiger partial charge in [-0.3, -0.25) is 0 Å². The van der Waals surface area contributed by atoms with Crippen LogP contribution in [0.25, 0.3) is 0 Å². The van der Waals surface area contributed by atoms with Gasteiger partial charge < -0.3 is 9.88 Å². The molecule has 1 aromatic rings. The fraction of sp³-hybridized carbons (Fsp3) is 0.750. The molecule has 1 aliphatic carbocycles. The number of rotatable bonds is 4. The minimum atomic E-state index is -2.88. The number of hydrogen-bond donors (Lipinski definition) is 1. The molecule has 2 fully saturated rings. The zero-order valence-corrected chi connectivity index (χ0v) is 11.4. The number of sulfone groups is 1. The number of nitrogens with one attached hydrogen (secondary N) is 1. The Kier molecular flexibility index (Phi) is 2.84. The van der Waals surface area contributed by atoms with Crippen LogP contribution in [0.2, 0.25) is 0 Å². The quantitative estimate of drug-likeness (QED) is 0.896. The summed E-state index contributed by atoms with van der Waals surface area (Å²) in [5.41, 5.74) is 0.938. The van der Waals surface area contributed by atoms with Crippen LogP contribution in [0.15, 0.2) is 6.20 Å². The highest BCUT2D eigenvalue weighted by atomic mass is 32.2. The second-order valence-electron chi connectivity index (χ2n) is 5.41. The van der Waals surface area contributed by atoms with E-state index in [1.807, 2.05) is 17.7 Å². The van der Waals surface area contributed by atoms with Crippen molar-refractivity contribution in [3.05, 3.63) is 11.9 Å². The van der Waals surface area contributed by atoms with Gasteiger partial charge in [-0.1, -0.05) is 0 Å². The molecule has 3 rings (SSSR count).